The molecule has 1 aliphatic rings. The standard InChI is InChI=1S/C13H18N2S2/c1-10-8-15(6-7-17-10)9-11-4-2-3-5-12(11)13(14)16/h2-5,10H,6-9H2,1H3,(H2,14,16). The number of nitrogens with two attached hydrogens (primary N) is 1. The van der Waals surface area contributed by atoms with Crippen molar-refractivity contribution in [3.05, 3.63) is 35.4 Å². The van der Waals surface area contributed by atoms with Gasteiger partial charge in [-0.3, -0.25) is 4.90 Å². The van der Waals surface area contributed by atoms with Crippen LogP contribution in [0.15, 0.2) is 24.3 Å². The zero-order valence-electron chi connectivity index (χ0n) is 10.1. The molecule has 0 radical (unpaired) electrons. The Kier molecular flexibility index (Phi) is 4.42. The highest BCUT2D eigenvalue weighted by Gasteiger charge is 2.17. The molecule has 92 valence electrons. The fourth-order valence-electron chi connectivity index (χ4n) is 2.17. The van der Waals surface area contributed by atoms with Gasteiger partial charge in [-0.1, -0.05) is 43.4 Å². The second kappa shape index (κ2) is 5.85. The highest BCUT2D eigenvalue weighted by Crippen LogP contribution is 2.20. The lowest BCUT2D eigenvalue weighted by Gasteiger charge is -2.30. The third-order valence-corrected chi connectivity index (χ3v) is 4.36. The molecule has 17 heavy (non-hydrogen) atoms. The Morgan fingerprint density at radius 3 is 3.00 bits per heavy atom. The molecule has 2 nitrogen and oxygen atoms in total. The molecular weight excluding hydrogens is 248 g/mol. The van der Waals surface area contributed by atoms with Crippen LogP contribution in [0.3, 0.4) is 0 Å². The highest BCUT2D eigenvalue weighted by atomic mass is 32.2. The molecule has 1 aromatic rings. The number of thiocarbonyl (C=S) groups is 1. The number of rotatable bonds is 3. The summed E-state index contributed by atoms with van der Waals surface area (Å²) in [5, 5.41) is 0.723. The average molecular weight is 266 g/mol. The van der Waals surface area contributed by atoms with Gasteiger partial charge in [0, 0.05) is 36.2 Å². The van der Waals surface area contributed by atoms with Crippen molar-refractivity contribution >= 4 is 29.0 Å². The molecular formula is C13H18N2S2. The molecule has 0 amide bonds. The zero-order chi connectivity index (χ0) is 12.3. The first kappa shape index (κ1) is 12.9. The van der Waals surface area contributed by atoms with Gasteiger partial charge < -0.3 is 5.73 Å². The molecule has 1 atom stereocenters. The van der Waals surface area contributed by atoms with Crippen LogP contribution in [-0.4, -0.2) is 34.0 Å². The van der Waals surface area contributed by atoms with E-state index in [0.717, 1.165) is 30.4 Å². The van der Waals surface area contributed by atoms with E-state index in [1.807, 2.05) is 12.1 Å². The van der Waals surface area contributed by atoms with Crippen LogP contribution in [0.25, 0.3) is 0 Å². The van der Waals surface area contributed by atoms with Crippen molar-refractivity contribution in [2.24, 2.45) is 5.73 Å². The lowest BCUT2D eigenvalue weighted by molar-refractivity contribution is 0.278. The van der Waals surface area contributed by atoms with Crippen molar-refractivity contribution < 1.29 is 0 Å². The molecule has 4 heteroatoms. The molecule has 1 heterocycles. The lowest BCUT2D eigenvalue weighted by Crippen LogP contribution is -2.36. The molecule has 0 aliphatic carbocycles. The van der Waals surface area contributed by atoms with Gasteiger partial charge in [0.1, 0.15) is 4.99 Å². The Labute approximate surface area is 113 Å². The summed E-state index contributed by atoms with van der Waals surface area (Å²) in [6, 6.07) is 8.19. The van der Waals surface area contributed by atoms with Crippen molar-refractivity contribution in [1.82, 2.24) is 4.90 Å². The van der Waals surface area contributed by atoms with Crippen molar-refractivity contribution in [2.45, 2.75) is 18.7 Å². The fraction of sp³-hybridized carbons (Fsp3) is 0.462. The van der Waals surface area contributed by atoms with Crippen LogP contribution in [-0.2, 0) is 6.54 Å². The largest absolute Gasteiger partial charge is 0.389 e. The van der Waals surface area contributed by atoms with E-state index in [1.54, 1.807) is 0 Å². The summed E-state index contributed by atoms with van der Waals surface area (Å²) in [5.74, 6) is 1.22. The topological polar surface area (TPSA) is 29.3 Å². The van der Waals surface area contributed by atoms with Gasteiger partial charge in [-0.05, 0) is 5.56 Å². The summed E-state index contributed by atoms with van der Waals surface area (Å²) >= 11 is 7.15. The second-order valence-corrected chi connectivity index (χ2v) is 6.42. The maximum absolute atomic E-state index is 5.76. The average Bonchev–Trinajstić information content (AvgIpc) is 2.29. The minimum atomic E-state index is 0.500. The quantitative estimate of drug-likeness (QED) is 0.850. The van der Waals surface area contributed by atoms with E-state index in [0.29, 0.717) is 4.99 Å². The molecule has 1 unspecified atom stereocenters. The smallest absolute Gasteiger partial charge is 0.104 e. The van der Waals surface area contributed by atoms with Crippen LogP contribution in [0.4, 0.5) is 0 Å². The maximum Gasteiger partial charge on any atom is 0.104 e. The predicted molar refractivity (Wildman–Crippen MR) is 79.5 cm³/mol. The van der Waals surface area contributed by atoms with Gasteiger partial charge in [0.2, 0.25) is 0 Å². The first-order valence-electron chi connectivity index (χ1n) is 5.88. The van der Waals surface area contributed by atoms with Gasteiger partial charge in [-0.15, -0.1) is 0 Å². The Hall–Kier alpha value is -0.580. The van der Waals surface area contributed by atoms with E-state index >= 15 is 0 Å². The van der Waals surface area contributed by atoms with Crippen LogP contribution < -0.4 is 5.73 Å². The van der Waals surface area contributed by atoms with Gasteiger partial charge in [-0.25, -0.2) is 0 Å². The van der Waals surface area contributed by atoms with E-state index in [2.05, 4.69) is 35.7 Å². The maximum atomic E-state index is 5.76. The summed E-state index contributed by atoms with van der Waals surface area (Å²) in [7, 11) is 0. The molecule has 0 spiro atoms. The van der Waals surface area contributed by atoms with Gasteiger partial charge in [0.05, 0.1) is 0 Å². The third kappa shape index (κ3) is 3.44. The Balaban J connectivity index is 2.10. The summed E-state index contributed by atoms with van der Waals surface area (Å²) < 4.78 is 0. The SMILES string of the molecule is CC1CN(Cc2ccccc2C(N)=S)CCS1. The van der Waals surface area contributed by atoms with Crippen molar-refractivity contribution in [3.63, 3.8) is 0 Å². The summed E-state index contributed by atoms with van der Waals surface area (Å²) in [5.41, 5.74) is 8.03. The normalized spacial score (nSPS) is 21.4. The Bertz CT molecular complexity index is 406. The van der Waals surface area contributed by atoms with E-state index in [1.165, 1.54) is 11.3 Å². The predicted octanol–water partition coefficient (Wildman–Crippen LogP) is 2.26. The summed E-state index contributed by atoms with van der Waals surface area (Å²) in [6.45, 7) is 5.55. The van der Waals surface area contributed by atoms with Crippen molar-refractivity contribution in [2.75, 3.05) is 18.8 Å². The van der Waals surface area contributed by atoms with Crippen LogP contribution in [0.5, 0.6) is 0 Å². The second-order valence-electron chi connectivity index (χ2n) is 4.44. The third-order valence-electron chi connectivity index (χ3n) is 3.00. The molecule has 2 rings (SSSR count). The molecule has 0 bridgehead atoms. The van der Waals surface area contributed by atoms with Crippen molar-refractivity contribution in [1.29, 1.82) is 0 Å². The highest BCUT2D eigenvalue weighted by molar-refractivity contribution is 7.99. The van der Waals surface area contributed by atoms with Crippen LogP contribution in [0, 0.1) is 0 Å². The Morgan fingerprint density at radius 2 is 2.29 bits per heavy atom. The Morgan fingerprint density at radius 1 is 1.53 bits per heavy atom. The number of thioether (sulfide) groups is 1. The number of nitrogens with zero attached hydrogens (tertiary/aromatic N) is 1. The van der Waals surface area contributed by atoms with E-state index in [4.69, 9.17) is 18.0 Å². The number of hydrogen-bond acceptors (Lipinski definition) is 3. The van der Waals surface area contributed by atoms with Crippen LogP contribution in [0.2, 0.25) is 0 Å². The zero-order valence-corrected chi connectivity index (χ0v) is 11.7. The molecule has 0 saturated carbocycles. The van der Waals surface area contributed by atoms with Gasteiger partial charge in [0.25, 0.3) is 0 Å². The van der Waals surface area contributed by atoms with E-state index in [9.17, 15) is 0 Å². The number of hydrogen-bond donors (Lipinski definition) is 1. The molecule has 0 aromatic heterocycles. The molecule has 2 N–H and O–H groups in total. The van der Waals surface area contributed by atoms with E-state index in [-0.39, 0.29) is 0 Å². The number of benzene rings is 1. The minimum Gasteiger partial charge on any atom is -0.389 e. The monoisotopic (exact) mass is 266 g/mol. The van der Waals surface area contributed by atoms with Crippen LogP contribution >= 0.6 is 24.0 Å². The first-order valence-corrected chi connectivity index (χ1v) is 7.34. The van der Waals surface area contributed by atoms with Crippen molar-refractivity contribution in [3.8, 4) is 0 Å². The molecule has 1 aromatic carbocycles. The fourth-order valence-corrected chi connectivity index (χ4v) is 3.46. The van der Waals surface area contributed by atoms with Gasteiger partial charge >= 0.3 is 0 Å². The summed E-state index contributed by atoms with van der Waals surface area (Å²) in [4.78, 5) is 2.98. The lowest BCUT2D eigenvalue weighted by atomic mass is 10.1. The molecule has 1 saturated heterocycles. The van der Waals surface area contributed by atoms with Gasteiger partial charge in [-0.2, -0.15) is 11.8 Å². The molecule has 1 fully saturated rings. The first-order chi connectivity index (χ1) is 8.16. The summed E-state index contributed by atoms with van der Waals surface area (Å²) in [6.07, 6.45) is 0. The molecule has 1 aliphatic heterocycles. The minimum absolute atomic E-state index is 0.500. The van der Waals surface area contributed by atoms with Gasteiger partial charge in [0.15, 0.2) is 0 Å². The van der Waals surface area contributed by atoms with E-state index < -0.39 is 0 Å². The van der Waals surface area contributed by atoms with Crippen LogP contribution in [0.1, 0.15) is 18.1 Å².